The van der Waals surface area contributed by atoms with E-state index in [1.165, 1.54) is 4.31 Å². The van der Waals surface area contributed by atoms with Crippen LogP contribution in [0, 0.1) is 0 Å². The molecule has 1 aromatic rings. The highest BCUT2D eigenvalue weighted by Gasteiger charge is 2.27. The molecule has 2 rings (SSSR count). The van der Waals surface area contributed by atoms with Gasteiger partial charge in [-0.2, -0.15) is 4.31 Å². The molecule has 2 heterocycles. The first-order valence-corrected chi connectivity index (χ1v) is 7.80. The fourth-order valence-electron chi connectivity index (χ4n) is 1.92. The van der Waals surface area contributed by atoms with Gasteiger partial charge in [-0.25, -0.2) is 8.42 Å². The molecule has 0 radical (unpaired) electrons. The normalized spacial score (nSPS) is 18.5. The summed E-state index contributed by atoms with van der Waals surface area (Å²) in [4.78, 5) is 4.58. The third-order valence-corrected chi connectivity index (χ3v) is 5.00. The number of aromatic nitrogens is 1. The van der Waals surface area contributed by atoms with E-state index >= 15 is 0 Å². The van der Waals surface area contributed by atoms with Crippen LogP contribution in [-0.2, 0) is 20.2 Å². The summed E-state index contributed by atoms with van der Waals surface area (Å²) in [7, 11) is -3.43. The van der Waals surface area contributed by atoms with Crippen molar-refractivity contribution in [1.82, 2.24) is 9.29 Å². The standard InChI is InChI=1S/C13H20N2O3S/c1-13(2,3)12-10-11(4-5-14-12)19(16,17)15-6-8-18-9-7-15/h4-5,10H,6-9H2,1-3H3. The Hall–Kier alpha value is -0.980. The van der Waals surface area contributed by atoms with Crippen molar-refractivity contribution in [3.63, 3.8) is 0 Å². The number of nitrogens with zero attached hydrogens (tertiary/aromatic N) is 2. The Morgan fingerprint density at radius 3 is 2.47 bits per heavy atom. The average molecular weight is 284 g/mol. The van der Waals surface area contributed by atoms with Crippen LogP contribution >= 0.6 is 0 Å². The summed E-state index contributed by atoms with van der Waals surface area (Å²) in [5.74, 6) is 0. The number of hydrogen-bond acceptors (Lipinski definition) is 4. The molecule has 0 N–H and O–H groups in total. The zero-order valence-electron chi connectivity index (χ0n) is 11.6. The second-order valence-electron chi connectivity index (χ2n) is 5.64. The van der Waals surface area contributed by atoms with Crippen LogP contribution < -0.4 is 0 Å². The summed E-state index contributed by atoms with van der Waals surface area (Å²) in [6.45, 7) is 7.78. The molecule has 0 amide bonds. The van der Waals surface area contributed by atoms with E-state index < -0.39 is 10.0 Å². The molecule has 1 aromatic heterocycles. The van der Waals surface area contributed by atoms with E-state index in [4.69, 9.17) is 4.74 Å². The van der Waals surface area contributed by atoms with Gasteiger partial charge in [0.2, 0.25) is 10.0 Å². The van der Waals surface area contributed by atoms with Crippen LogP contribution in [0.2, 0.25) is 0 Å². The second-order valence-corrected chi connectivity index (χ2v) is 7.58. The van der Waals surface area contributed by atoms with Gasteiger partial charge in [0.15, 0.2) is 0 Å². The minimum Gasteiger partial charge on any atom is -0.379 e. The number of rotatable bonds is 2. The molecule has 1 saturated heterocycles. The lowest BCUT2D eigenvalue weighted by Crippen LogP contribution is -2.40. The van der Waals surface area contributed by atoms with Gasteiger partial charge in [-0.3, -0.25) is 4.98 Å². The molecular weight excluding hydrogens is 264 g/mol. The molecule has 1 aliphatic heterocycles. The zero-order valence-corrected chi connectivity index (χ0v) is 12.4. The average Bonchev–Trinajstić information content (AvgIpc) is 2.39. The minimum absolute atomic E-state index is 0.170. The van der Waals surface area contributed by atoms with Crippen LogP contribution in [0.5, 0.6) is 0 Å². The van der Waals surface area contributed by atoms with Gasteiger partial charge < -0.3 is 4.74 Å². The molecule has 1 fully saturated rings. The topological polar surface area (TPSA) is 59.5 Å². The first kappa shape index (κ1) is 14.4. The van der Waals surface area contributed by atoms with Gasteiger partial charge in [-0.1, -0.05) is 20.8 Å². The predicted octanol–water partition coefficient (Wildman–Crippen LogP) is 1.40. The summed E-state index contributed by atoms with van der Waals surface area (Å²) in [6, 6.07) is 3.23. The number of morpholine rings is 1. The van der Waals surface area contributed by atoms with Crippen LogP contribution in [0.25, 0.3) is 0 Å². The summed E-state index contributed by atoms with van der Waals surface area (Å²) in [5.41, 5.74) is 0.609. The van der Waals surface area contributed by atoms with E-state index in [9.17, 15) is 8.42 Å². The van der Waals surface area contributed by atoms with Crippen molar-refractivity contribution < 1.29 is 13.2 Å². The highest BCUT2D eigenvalue weighted by Crippen LogP contribution is 2.24. The summed E-state index contributed by atoms with van der Waals surface area (Å²) in [5, 5.41) is 0. The molecule has 106 valence electrons. The number of pyridine rings is 1. The van der Waals surface area contributed by atoms with E-state index in [2.05, 4.69) is 4.98 Å². The van der Waals surface area contributed by atoms with Crippen LogP contribution in [0.4, 0.5) is 0 Å². The SMILES string of the molecule is CC(C)(C)c1cc(S(=O)(=O)N2CCOCC2)ccn1. The van der Waals surface area contributed by atoms with Crippen molar-refractivity contribution in [2.24, 2.45) is 0 Å². The van der Waals surface area contributed by atoms with Crippen LogP contribution in [-0.4, -0.2) is 44.0 Å². The van der Waals surface area contributed by atoms with Gasteiger partial charge in [-0.05, 0) is 12.1 Å². The van der Waals surface area contributed by atoms with Gasteiger partial charge in [0, 0.05) is 30.4 Å². The zero-order chi connectivity index (χ0) is 14.1. The highest BCUT2D eigenvalue weighted by atomic mass is 32.2. The molecule has 0 saturated carbocycles. The molecule has 0 spiro atoms. The van der Waals surface area contributed by atoms with Crippen molar-refractivity contribution >= 4 is 10.0 Å². The van der Waals surface area contributed by atoms with Crippen molar-refractivity contribution in [3.8, 4) is 0 Å². The minimum atomic E-state index is -3.43. The third-order valence-electron chi connectivity index (χ3n) is 3.11. The maximum absolute atomic E-state index is 12.5. The molecule has 0 atom stereocenters. The Kier molecular flexibility index (Phi) is 3.94. The van der Waals surface area contributed by atoms with Gasteiger partial charge in [-0.15, -0.1) is 0 Å². The van der Waals surface area contributed by atoms with E-state index in [-0.39, 0.29) is 5.41 Å². The van der Waals surface area contributed by atoms with Crippen molar-refractivity contribution in [1.29, 1.82) is 0 Å². The Balaban J connectivity index is 2.35. The summed E-state index contributed by atoms with van der Waals surface area (Å²) >= 11 is 0. The van der Waals surface area contributed by atoms with E-state index in [0.29, 0.717) is 31.2 Å². The van der Waals surface area contributed by atoms with Gasteiger partial charge >= 0.3 is 0 Å². The maximum atomic E-state index is 12.5. The fraction of sp³-hybridized carbons (Fsp3) is 0.615. The lowest BCUT2D eigenvalue weighted by Gasteiger charge is -2.26. The molecule has 6 heteroatoms. The Labute approximate surface area is 114 Å². The molecular formula is C13H20N2O3S. The van der Waals surface area contributed by atoms with Gasteiger partial charge in [0.05, 0.1) is 18.1 Å². The summed E-state index contributed by atoms with van der Waals surface area (Å²) in [6.07, 6.45) is 1.56. The number of hydrogen-bond donors (Lipinski definition) is 0. The maximum Gasteiger partial charge on any atom is 0.243 e. The van der Waals surface area contributed by atoms with E-state index in [1.54, 1.807) is 18.3 Å². The molecule has 1 aliphatic rings. The molecule has 0 aliphatic carbocycles. The Morgan fingerprint density at radius 2 is 1.89 bits per heavy atom. The molecule has 5 nitrogen and oxygen atoms in total. The third kappa shape index (κ3) is 3.13. The molecule has 0 bridgehead atoms. The smallest absolute Gasteiger partial charge is 0.243 e. The van der Waals surface area contributed by atoms with Crippen LogP contribution in [0.1, 0.15) is 26.5 Å². The lowest BCUT2D eigenvalue weighted by atomic mass is 9.92. The molecule has 19 heavy (non-hydrogen) atoms. The van der Waals surface area contributed by atoms with Crippen molar-refractivity contribution in [2.75, 3.05) is 26.3 Å². The van der Waals surface area contributed by atoms with Gasteiger partial charge in [0.25, 0.3) is 0 Å². The summed E-state index contributed by atoms with van der Waals surface area (Å²) < 4.78 is 31.7. The second kappa shape index (κ2) is 5.19. The Bertz CT molecular complexity index is 543. The number of ether oxygens (including phenoxy) is 1. The number of sulfonamides is 1. The van der Waals surface area contributed by atoms with Crippen molar-refractivity contribution in [2.45, 2.75) is 31.1 Å². The first-order chi connectivity index (χ1) is 8.82. The van der Waals surface area contributed by atoms with Crippen molar-refractivity contribution in [3.05, 3.63) is 24.0 Å². The largest absolute Gasteiger partial charge is 0.379 e. The quantitative estimate of drug-likeness (QED) is 0.823. The molecule has 0 unspecified atom stereocenters. The monoisotopic (exact) mass is 284 g/mol. The van der Waals surface area contributed by atoms with Crippen LogP contribution in [0.3, 0.4) is 0 Å². The van der Waals surface area contributed by atoms with E-state index in [0.717, 1.165) is 5.69 Å². The van der Waals surface area contributed by atoms with Crippen LogP contribution in [0.15, 0.2) is 23.2 Å². The van der Waals surface area contributed by atoms with Gasteiger partial charge in [0.1, 0.15) is 0 Å². The molecule has 0 aromatic carbocycles. The Morgan fingerprint density at radius 1 is 1.26 bits per heavy atom. The first-order valence-electron chi connectivity index (χ1n) is 6.36. The highest BCUT2D eigenvalue weighted by molar-refractivity contribution is 7.89. The lowest BCUT2D eigenvalue weighted by molar-refractivity contribution is 0.0730. The fourth-order valence-corrected chi connectivity index (χ4v) is 3.34. The van der Waals surface area contributed by atoms with E-state index in [1.807, 2.05) is 20.8 Å². The predicted molar refractivity (Wildman–Crippen MR) is 72.5 cm³/mol.